The summed E-state index contributed by atoms with van der Waals surface area (Å²) >= 11 is 0. The minimum atomic E-state index is -1.27. The van der Waals surface area contributed by atoms with Crippen molar-refractivity contribution in [3.05, 3.63) is 48.1 Å². The molecule has 0 saturated heterocycles. The van der Waals surface area contributed by atoms with Crippen LogP contribution in [0.4, 0.5) is 8.78 Å². The van der Waals surface area contributed by atoms with Crippen LogP contribution in [0.15, 0.2) is 30.9 Å². The molecule has 0 bridgehead atoms. The first-order chi connectivity index (χ1) is 6.45. The lowest BCUT2D eigenvalue weighted by Gasteiger charge is -2.22. The Balaban J connectivity index is 3.11. The van der Waals surface area contributed by atoms with Gasteiger partial charge in [-0.15, -0.1) is 6.58 Å². The van der Waals surface area contributed by atoms with E-state index in [1.807, 2.05) is 0 Å². The highest BCUT2D eigenvalue weighted by Crippen LogP contribution is 2.25. The Morgan fingerprint density at radius 1 is 1.36 bits per heavy atom. The van der Waals surface area contributed by atoms with Gasteiger partial charge in [-0.1, -0.05) is 6.08 Å². The molecule has 0 spiro atoms. The van der Waals surface area contributed by atoms with Crippen molar-refractivity contribution in [2.24, 2.45) is 0 Å². The summed E-state index contributed by atoms with van der Waals surface area (Å²) in [6.07, 6.45) is 1.75. The van der Waals surface area contributed by atoms with E-state index in [0.717, 1.165) is 18.2 Å². The molecular formula is C11H12F2O. The zero-order chi connectivity index (χ0) is 10.8. The molecule has 0 radical (unpaired) electrons. The van der Waals surface area contributed by atoms with Crippen LogP contribution in [0.1, 0.15) is 18.9 Å². The average Bonchev–Trinajstić information content (AvgIpc) is 2.02. The van der Waals surface area contributed by atoms with Gasteiger partial charge in [-0.2, -0.15) is 0 Å². The van der Waals surface area contributed by atoms with Gasteiger partial charge < -0.3 is 5.11 Å². The van der Waals surface area contributed by atoms with Gasteiger partial charge in [0.2, 0.25) is 0 Å². The normalized spacial score (nSPS) is 14.9. The lowest BCUT2D eigenvalue weighted by Crippen LogP contribution is -2.20. The molecule has 1 aromatic carbocycles. The Morgan fingerprint density at radius 3 is 2.29 bits per heavy atom. The highest BCUT2D eigenvalue weighted by atomic mass is 19.1. The van der Waals surface area contributed by atoms with Gasteiger partial charge in [0.15, 0.2) is 0 Å². The van der Waals surface area contributed by atoms with Gasteiger partial charge in [0.25, 0.3) is 0 Å². The Morgan fingerprint density at radius 2 is 1.86 bits per heavy atom. The Kier molecular flexibility index (Phi) is 3.01. The molecule has 0 aliphatic rings. The predicted octanol–water partition coefficient (Wildman–Crippen LogP) is 2.75. The molecule has 0 aliphatic heterocycles. The van der Waals surface area contributed by atoms with E-state index in [1.54, 1.807) is 0 Å². The molecule has 76 valence electrons. The first-order valence-corrected chi connectivity index (χ1v) is 4.25. The van der Waals surface area contributed by atoms with E-state index in [2.05, 4.69) is 6.58 Å². The van der Waals surface area contributed by atoms with Crippen LogP contribution in [-0.2, 0) is 5.60 Å². The van der Waals surface area contributed by atoms with Crippen molar-refractivity contribution in [3.63, 3.8) is 0 Å². The summed E-state index contributed by atoms with van der Waals surface area (Å²) < 4.78 is 25.6. The number of aliphatic hydroxyl groups is 1. The van der Waals surface area contributed by atoms with Gasteiger partial charge in [0, 0.05) is 6.07 Å². The second kappa shape index (κ2) is 3.88. The fraction of sp³-hybridized carbons (Fsp3) is 0.273. The Hall–Kier alpha value is -1.22. The lowest BCUT2D eigenvalue weighted by atomic mass is 9.92. The van der Waals surface area contributed by atoms with Crippen molar-refractivity contribution < 1.29 is 13.9 Å². The van der Waals surface area contributed by atoms with Crippen molar-refractivity contribution in [3.8, 4) is 0 Å². The van der Waals surface area contributed by atoms with E-state index < -0.39 is 17.2 Å². The summed E-state index contributed by atoms with van der Waals surface area (Å²) in [5.41, 5.74) is -1.06. The summed E-state index contributed by atoms with van der Waals surface area (Å²) in [5, 5.41) is 9.83. The number of hydrogen-bond acceptors (Lipinski definition) is 1. The maximum atomic E-state index is 12.8. The standard InChI is InChI=1S/C11H12F2O/c1-3-4-11(2,14)8-5-9(12)7-10(13)6-8/h3,5-7,14H,1,4H2,2H3. The van der Waals surface area contributed by atoms with Crippen LogP contribution >= 0.6 is 0 Å². The van der Waals surface area contributed by atoms with E-state index in [1.165, 1.54) is 13.0 Å². The maximum absolute atomic E-state index is 12.8. The first-order valence-electron chi connectivity index (χ1n) is 4.25. The zero-order valence-electron chi connectivity index (χ0n) is 7.93. The molecule has 3 heteroatoms. The second-order valence-corrected chi connectivity index (χ2v) is 3.42. The molecule has 1 rings (SSSR count). The van der Waals surface area contributed by atoms with Crippen molar-refractivity contribution in [1.82, 2.24) is 0 Å². The van der Waals surface area contributed by atoms with E-state index in [4.69, 9.17) is 0 Å². The quantitative estimate of drug-likeness (QED) is 0.740. The monoisotopic (exact) mass is 198 g/mol. The average molecular weight is 198 g/mol. The zero-order valence-corrected chi connectivity index (χ0v) is 7.93. The van der Waals surface area contributed by atoms with Crippen LogP contribution in [0.5, 0.6) is 0 Å². The molecule has 0 amide bonds. The second-order valence-electron chi connectivity index (χ2n) is 3.42. The smallest absolute Gasteiger partial charge is 0.126 e. The Bertz CT molecular complexity index is 325. The molecule has 1 nitrogen and oxygen atoms in total. The third-order valence-electron chi connectivity index (χ3n) is 2.03. The van der Waals surface area contributed by atoms with Crippen LogP contribution in [0, 0.1) is 11.6 Å². The van der Waals surface area contributed by atoms with Gasteiger partial charge in [-0.25, -0.2) is 8.78 Å². The number of benzene rings is 1. The van der Waals surface area contributed by atoms with Crippen molar-refractivity contribution in [2.45, 2.75) is 18.9 Å². The van der Waals surface area contributed by atoms with Crippen molar-refractivity contribution in [1.29, 1.82) is 0 Å². The molecule has 0 aromatic heterocycles. The van der Waals surface area contributed by atoms with Gasteiger partial charge in [0.1, 0.15) is 11.6 Å². The van der Waals surface area contributed by atoms with Gasteiger partial charge >= 0.3 is 0 Å². The molecule has 14 heavy (non-hydrogen) atoms. The minimum Gasteiger partial charge on any atom is -0.385 e. The summed E-state index contributed by atoms with van der Waals surface area (Å²) in [4.78, 5) is 0. The van der Waals surface area contributed by atoms with Gasteiger partial charge in [-0.05, 0) is 31.0 Å². The van der Waals surface area contributed by atoms with Crippen molar-refractivity contribution in [2.75, 3.05) is 0 Å². The van der Waals surface area contributed by atoms with Crippen LogP contribution in [0.2, 0.25) is 0 Å². The van der Waals surface area contributed by atoms with E-state index in [0.29, 0.717) is 0 Å². The van der Waals surface area contributed by atoms with E-state index in [9.17, 15) is 13.9 Å². The maximum Gasteiger partial charge on any atom is 0.126 e. The summed E-state index contributed by atoms with van der Waals surface area (Å²) in [6, 6.07) is 3.01. The highest BCUT2D eigenvalue weighted by molar-refractivity contribution is 5.24. The summed E-state index contributed by atoms with van der Waals surface area (Å²) in [5.74, 6) is -1.38. The highest BCUT2D eigenvalue weighted by Gasteiger charge is 2.22. The summed E-state index contributed by atoms with van der Waals surface area (Å²) in [7, 11) is 0. The fourth-order valence-corrected chi connectivity index (χ4v) is 1.26. The van der Waals surface area contributed by atoms with Crippen LogP contribution in [-0.4, -0.2) is 5.11 Å². The predicted molar refractivity (Wildman–Crippen MR) is 50.7 cm³/mol. The Labute approximate surface area is 81.7 Å². The molecule has 0 aliphatic carbocycles. The van der Waals surface area contributed by atoms with Gasteiger partial charge in [-0.3, -0.25) is 0 Å². The number of hydrogen-bond donors (Lipinski definition) is 1. The first kappa shape index (κ1) is 10.9. The molecule has 0 heterocycles. The lowest BCUT2D eigenvalue weighted by molar-refractivity contribution is 0.0599. The van der Waals surface area contributed by atoms with Gasteiger partial charge in [0.05, 0.1) is 5.60 Å². The molecule has 0 saturated carbocycles. The summed E-state index contributed by atoms with van der Waals surface area (Å²) in [6.45, 7) is 4.96. The molecule has 1 aromatic rings. The topological polar surface area (TPSA) is 20.2 Å². The SMILES string of the molecule is C=CCC(C)(O)c1cc(F)cc(F)c1. The third kappa shape index (κ3) is 2.39. The van der Waals surface area contributed by atoms with E-state index >= 15 is 0 Å². The largest absolute Gasteiger partial charge is 0.385 e. The number of halogens is 2. The van der Waals surface area contributed by atoms with Crippen LogP contribution in [0.3, 0.4) is 0 Å². The number of rotatable bonds is 3. The molecular weight excluding hydrogens is 186 g/mol. The molecule has 1 unspecified atom stereocenters. The van der Waals surface area contributed by atoms with E-state index in [-0.39, 0.29) is 12.0 Å². The van der Waals surface area contributed by atoms with Crippen LogP contribution < -0.4 is 0 Å². The third-order valence-corrected chi connectivity index (χ3v) is 2.03. The fourth-order valence-electron chi connectivity index (χ4n) is 1.26. The van der Waals surface area contributed by atoms with Crippen LogP contribution in [0.25, 0.3) is 0 Å². The molecule has 1 N–H and O–H groups in total. The minimum absolute atomic E-state index is 0.218. The molecule has 1 atom stereocenters. The van der Waals surface area contributed by atoms with Crippen molar-refractivity contribution >= 4 is 0 Å². The molecule has 0 fully saturated rings.